The molecule has 0 saturated carbocycles. The lowest BCUT2D eigenvalue weighted by Crippen LogP contribution is -2.24. The molecule has 0 saturated heterocycles. The highest BCUT2D eigenvalue weighted by Gasteiger charge is 2.12. The van der Waals surface area contributed by atoms with Gasteiger partial charge < -0.3 is 10.1 Å². The number of halogens is 4. The third-order valence-corrected chi connectivity index (χ3v) is 5.48. The number of hydrazone groups is 1. The van der Waals surface area contributed by atoms with Crippen molar-refractivity contribution in [3.05, 3.63) is 91.9 Å². The van der Waals surface area contributed by atoms with Gasteiger partial charge in [0, 0.05) is 15.6 Å². The lowest BCUT2D eigenvalue weighted by molar-refractivity contribution is -0.126. The van der Waals surface area contributed by atoms with E-state index in [2.05, 4.69) is 15.8 Å². The van der Waals surface area contributed by atoms with Gasteiger partial charge in [0.15, 0.2) is 0 Å². The number of benzene rings is 3. The van der Waals surface area contributed by atoms with E-state index >= 15 is 0 Å². The molecule has 3 aromatic carbocycles. The number of carbonyl (C=O) groups excluding carboxylic acids is 2. The van der Waals surface area contributed by atoms with Crippen molar-refractivity contribution in [3.8, 4) is 5.75 Å². The summed E-state index contributed by atoms with van der Waals surface area (Å²) in [7, 11) is 0. The van der Waals surface area contributed by atoms with Crippen molar-refractivity contribution < 1.29 is 14.3 Å². The summed E-state index contributed by atoms with van der Waals surface area (Å²) in [5, 5.41) is 7.98. The fraction of sp³-hybridized carbons (Fsp3) is 0.0870. The Hall–Kier alpha value is -2.77. The molecule has 0 bridgehead atoms. The average molecular weight is 525 g/mol. The first-order valence-corrected chi connectivity index (χ1v) is 11.1. The predicted octanol–water partition coefficient (Wildman–Crippen LogP) is 6.36. The fourth-order valence-electron chi connectivity index (χ4n) is 2.69. The number of ether oxygens (including phenoxy) is 1. The number of carbonyl (C=O) groups is 2. The van der Waals surface area contributed by atoms with E-state index in [1.54, 1.807) is 48.5 Å². The minimum Gasteiger partial charge on any atom is -0.488 e. The lowest BCUT2D eigenvalue weighted by atomic mass is 10.2. The molecule has 0 aromatic heterocycles. The summed E-state index contributed by atoms with van der Waals surface area (Å²) >= 11 is 24.0. The van der Waals surface area contributed by atoms with Crippen molar-refractivity contribution >= 4 is 70.1 Å². The minimum atomic E-state index is -0.620. The zero-order chi connectivity index (χ0) is 23.8. The molecule has 2 amide bonds. The van der Waals surface area contributed by atoms with Crippen molar-refractivity contribution in [3.63, 3.8) is 0 Å². The number of hydrogen-bond acceptors (Lipinski definition) is 4. The molecule has 0 atom stereocenters. The summed E-state index contributed by atoms with van der Waals surface area (Å²) in [6.45, 7) is 0.279. The van der Waals surface area contributed by atoms with Crippen molar-refractivity contribution in [1.82, 2.24) is 5.43 Å². The third kappa shape index (κ3) is 7.65. The Kier molecular flexibility index (Phi) is 8.97. The monoisotopic (exact) mass is 523 g/mol. The summed E-state index contributed by atoms with van der Waals surface area (Å²) < 4.78 is 5.83. The van der Waals surface area contributed by atoms with E-state index in [9.17, 15) is 9.59 Å². The minimum absolute atomic E-state index is 0.192. The van der Waals surface area contributed by atoms with Crippen LogP contribution in [0, 0.1) is 0 Å². The van der Waals surface area contributed by atoms with E-state index in [-0.39, 0.29) is 11.6 Å². The van der Waals surface area contributed by atoms with Crippen LogP contribution >= 0.6 is 46.4 Å². The molecule has 0 spiro atoms. The Morgan fingerprint density at radius 1 is 0.909 bits per heavy atom. The maximum absolute atomic E-state index is 12.1. The topological polar surface area (TPSA) is 79.8 Å². The molecule has 3 rings (SSSR count). The summed E-state index contributed by atoms with van der Waals surface area (Å²) in [6.07, 6.45) is 0.913. The van der Waals surface area contributed by atoms with Crippen LogP contribution in [-0.2, 0) is 16.2 Å². The lowest BCUT2D eigenvalue weighted by Gasteiger charge is -2.10. The quantitative estimate of drug-likeness (QED) is 0.204. The summed E-state index contributed by atoms with van der Waals surface area (Å²) in [6, 6.07) is 17.1. The Bertz CT molecular complexity index is 1200. The highest BCUT2D eigenvalue weighted by atomic mass is 35.5. The zero-order valence-electron chi connectivity index (χ0n) is 16.9. The number of rotatable bonds is 8. The number of nitrogens with zero attached hydrogens (tertiary/aromatic N) is 1. The second kappa shape index (κ2) is 11.9. The zero-order valence-corrected chi connectivity index (χ0v) is 20.0. The van der Waals surface area contributed by atoms with Crippen molar-refractivity contribution in [2.45, 2.75) is 13.0 Å². The maximum Gasteiger partial charge on any atom is 0.249 e. The van der Waals surface area contributed by atoms with Crippen LogP contribution in [0.4, 0.5) is 5.69 Å². The maximum atomic E-state index is 12.1. The molecule has 33 heavy (non-hydrogen) atoms. The molecule has 170 valence electrons. The van der Waals surface area contributed by atoms with Crippen LogP contribution in [0.15, 0.2) is 65.8 Å². The van der Waals surface area contributed by atoms with Crippen LogP contribution in [0.25, 0.3) is 0 Å². The number of nitrogens with one attached hydrogen (secondary N) is 2. The molecular formula is C23H17Cl4N3O3. The van der Waals surface area contributed by atoms with E-state index in [0.29, 0.717) is 32.1 Å². The molecule has 2 N–H and O–H groups in total. The van der Waals surface area contributed by atoms with Gasteiger partial charge in [-0.25, -0.2) is 5.43 Å². The molecule has 0 unspecified atom stereocenters. The Balaban J connectivity index is 1.57. The Morgan fingerprint density at radius 2 is 1.67 bits per heavy atom. The molecule has 6 nitrogen and oxygen atoms in total. The van der Waals surface area contributed by atoms with Crippen LogP contribution in [0.3, 0.4) is 0 Å². The van der Waals surface area contributed by atoms with Crippen LogP contribution in [0.1, 0.15) is 17.5 Å². The molecule has 0 fully saturated rings. The van der Waals surface area contributed by atoms with Crippen LogP contribution < -0.4 is 15.5 Å². The fourth-order valence-corrected chi connectivity index (χ4v) is 3.43. The highest BCUT2D eigenvalue weighted by molar-refractivity contribution is 6.44. The van der Waals surface area contributed by atoms with Gasteiger partial charge in [0.1, 0.15) is 18.8 Å². The van der Waals surface area contributed by atoms with E-state index in [0.717, 1.165) is 5.56 Å². The van der Waals surface area contributed by atoms with Gasteiger partial charge in [0.05, 0.1) is 21.9 Å². The number of anilines is 1. The first-order chi connectivity index (χ1) is 15.8. The largest absolute Gasteiger partial charge is 0.488 e. The summed E-state index contributed by atoms with van der Waals surface area (Å²) in [5.41, 5.74) is 4.04. The van der Waals surface area contributed by atoms with Gasteiger partial charge in [0.2, 0.25) is 11.8 Å². The molecule has 0 radical (unpaired) electrons. The van der Waals surface area contributed by atoms with Crippen LogP contribution in [0.2, 0.25) is 20.1 Å². The number of amides is 2. The Morgan fingerprint density at radius 3 is 2.45 bits per heavy atom. The highest BCUT2D eigenvalue weighted by Crippen LogP contribution is 2.29. The van der Waals surface area contributed by atoms with Crippen LogP contribution in [0.5, 0.6) is 5.75 Å². The van der Waals surface area contributed by atoms with Gasteiger partial charge in [0.25, 0.3) is 0 Å². The van der Waals surface area contributed by atoms with Gasteiger partial charge in [-0.05, 0) is 48.0 Å². The molecule has 0 aliphatic heterocycles. The summed E-state index contributed by atoms with van der Waals surface area (Å²) in [4.78, 5) is 24.2. The second-order valence-corrected chi connectivity index (χ2v) is 8.38. The van der Waals surface area contributed by atoms with Crippen molar-refractivity contribution in [2.75, 3.05) is 5.32 Å². The van der Waals surface area contributed by atoms with E-state index in [4.69, 9.17) is 51.1 Å². The van der Waals surface area contributed by atoms with Gasteiger partial charge in [-0.15, -0.1) is 0 Å². The van der Waals surface area contributed by atoms with Gasteiger partial charge in [-0.3, -0.25) is 9.59 Å². The van der Waals surface area contributed by atoms with Gasteiger partial charge in [-0.1, -0.05) is 64.6 Å². The number of hydrogen-bond donors (Lipinski definition) is 2. The van der Waals surface area contributed by atoms with E-state index < -0.39 is 18.2 Å². The third-order valence-electron chi connectivity index (χ3n) is 4.19. The van der Waals surface area contributed by atoms with E-state index in [1.807, 2.05) is 12.1 Å². The average Bonchev–Trinajstić information content (AvgIpc) is 2.76. The predicted molar refractivity (Wildman–Crippen MR) is 133 cm³/mol. The normalized spacial score (nSPS) is 10.8. The molecule has 10 heteroatoms. The Labute approximate surface area is 210 Å². The molecule has 0 aliphatic rings. The molecule has 3 aromatic rings. The first kappa shape index (κ1) is 24.9. The SMILES string of the molecule is O=C(CC(=O)Nc1cccc(Cl)c1Cl)NN=Cc1cc(Cl)ccc1OCc1cccc(Cl)c1. The van der Waals surface area contributed by atoms with E-state index in [1.165, 1.54) is 6.21 Å². The van der Waals surface area contributed by atoms with Crippen LogP contribution in [-0.4, -0.2) is 18.0 Å². The molecular weight excluding hydrogens is 508 g/mol. The van der Waals surface area contributed by atoms with Crippen molar-refractivity contribution in [1.29, 1.82) is 0 Å². The second-order valence-electron chi connectivity index (χ2n) is 6.72. The molecule has 0 aliphatic carbocycles. The van der Waals surface area contributed by atoms with Gasteiger partial charge >= 0.3 is 0 Å². The molecule has 0 heterocycles. The van der Waals surface area contributed by atoms with Crippen molar-refractivity contribution in [2.24, 2.45) is 5.10 Å². The first-order valence-electron chi connectivity index (χ1n) is 9.54. The standard InChI is InChI=1S/C23H17Cl4N3O3/c24-16-4-1-3-14(9-16)13-33-20-8-7-17(25)10-15(20)12-28-30-22(32)11-21(31)29-19-6-2-5-18(26)23(19)27/h1-10,12H,11,13H2,(H,29,31)(H,30,32). The van der Waals surface area contributed by atoms with Gasteiger partial charge in [-0.2, -0.15) is 5.10 Å². The summed E-state index contributed by atoms with van der Waals surface area (Å²) in [5.74, 6) is -0.684. The smallest absolute Gasteiger partial charge is 0.249 e.